The minimum Gasteiger partial charge on any atom is -0.481 e. The molecule has 0 bridgehead atoms. The summed E-state index contributed by atoms with van der Waals surface area (Å²) < 4.78 is 10.9. The lowest BCUT2D eigenvalue weighted by atomic mass is 9.79. The molecule has 1 aliphatic rings. The van der Waals surface area contributed by atoms with Gasteiger partial charge < -0.3 is 14.8 Å². The summed E-state index contributed by atoms with van der Waals surface area (Å²) in [5.41, 5.74) is 4.68. The molecule has 1 atom stereocenters. The first kappa shape index (κ1) is 22.4. The van der Waals surface area contributed by atoms with Crippen LogP contribution < -0.4 is 10.1 Å². The van der Waals surface area contributed by atoms with E-state index in [9.17, 15) is 10.1 Å². The number of nitrogens with zero attached hydrogens (tertiary/aromatic N) is 4. The number of carbonyl (C=O) groups is 1. The van der Waals surface area contributed by atoms with Crippen molar-refractivity contribution in [1.29, 1.82) is 5.26 Å². The zero-order valence-corrected chi connectivity index (χ0v) is 19.4. The minimum absolute atomic E-state index is 0.228. The Morgan fingerprint density at radius 1 is 1.20 bits per heavy atom. The Bertz CT molecular complexity index is 1480. The minimum atomic E-state index is -0.772. The number of amides is 1. The molecule has 174 valence electrons. The van der Waals surface area contributed by atoms with Gasteiger partial charge in [-0.05, 0) is 54.4 Å². The lowest BCUT2D eigenvalue weighted by Gasteiger charge is -2.30. The SMILES string of the molecule is COc1ncccc1-c1cnc2cnc(CNC(=O)c3ccc4c(c3)[C@](C)(C#N)COC4)cc2c1. The highest BCUT2D eigenvalue weighted by atomic mass is 16.5. The van der Waals surface area contributed by atoms with Crippen molar-refractivity contribution >= 4 is 16.8 Å². The molecule has 4 aromatic rings. The Balaban J connectivity index is 1.36. The van der Waals surface area contributed by atoms with Crippen LogP contribution in [-0.2, 0) is 23.3 Å². The Labute approximate surface area is 202 Å². The lowest BCUT2D eigenvalue weighted by Crippen LogP contribution is -2.33. The van der Waals surface area contributed by atoms with Crippen LogP contribution in [0.1, 0.15) is 34.1 Å². The molecule has 0 unspecified atom stereocenters. The summed E-state index contributed by atoms with van der Waals surface area (Å²) in [6.07, 6.45) is 5.14. The fraction of sp³-hybridized carbons (Fsp3) is 0.222. The van der Waals surface area contributed by atoms with Gasteiger partial charge in [0.25, 0.3) is 5.91 Å². The van der Waals surface area contributed by atoms with Crippen LogP contribution in [0.15, 0.2) is 61.1 Å². The van der Waals surface area contributed by atoms with E-state index < -0.39 is 5.41 Å². The number of carbonyl (C=O) groups excluding carboxylic acids is 1. The number of hydrogen-bond donors (Lipinski definition) is 1. The number of hydrogen-bond acceptors (Lipinski definition) is 7. The highest BCUT2D eigenvalue weighted by molar-refractivity contribution is 5.94. The molecule has 1 aliphatic heterocycles. The maximum absolute atomic E-state index is 12.9. The van der Waals surface area contributed by atoms with Crippen molar-refractivity contribution in [3.8, 4) is 23.1 Å². The van der Waals surface area contributed by atoms with Gasteiger partial charge in [0.2, 0.25) is 5.88 Å². The van der Waals surface area contributed by atoms with Crippen molar-refractivity contribution in [3.63, 3.8) is 0 Å². The fourth-order valence-electron chi connectivity index (χ4n) is 4.26. The molecule has 5 rings (SSSR count). The van der Waals surface area contributed by atoms with Gasteiger partial charge in [0.15, 0.2) is 0 Å². The number of methoxy groups -OCH3 is 1. The van der Waals surface area contributed by atoms with Gasteiger partial charge in [0.1, 0.15) is 5.41 Å². The number of nitrogens with one attached hydrogen (secondary N) is 1. The average molecular weight is 466 g/mol. The maximum Gasteiger partial charge on any atom is 0.251 e. The van der Waals surface area contributed by atoms with Crippen LogP contribution in [0, 0.1) is 11.3 Å². The van der Waals surface area contributed by atoms with Crippen LogP contribution in [0.4, 0.5) is 0 Å². The summed E-state index contributed by atoms with van der Waals surface area (Å²) in [7, 11) is 1.59. The van der Waals surface area contributed by atoms with Gasteiger partial charge in [-0.2, -0.15) is 5.26 Å². The number of nitriles is 1. The van der Waals surface area contributed by atoms with Crippen molar-refractivity contribution in [1.82, 2.24) is 20.3 Å². The van der Waals surface area contributed by atoms with Crippen LogP contribution in [0.5, 0.6) is 5.88 Å². The lowest BCUT2D eigenvalue weighted by molar-refractivity contribution is 0.0757. The Hall–Kier alpha value is -4.35. The summed E-state index contributed by atoms with van der Waals surface area (Å²) in [6, 6.07) is 15.4. The first-order chi connectivity index (χ1) is 17.0. The first-order valence-corrected chi connectivity index (χ1v) is 11.2. The molecule has 1 N–H and O–H groups in total. The molecule has 1 amide bonds. The molecule has 3 aromatic heterocycles. The first-order valence-electron chi connectivity index (χ1n) is 11.2. The molecule has 0 aliphatic carbocycles. The molecule has 0 saturated heterocycles. The second-order valence-corrected chi connectivity index (χ2v) is 8.64. The molecule has 4 heterocycles. The average Bonchev–Trinajstić information content (AvgIpc) is 2.91. The monoisotopic (exact) mass is 465 g/mol. The third-order valence-corrected chi connectivity index (χ3v) is 6.19. The smallest absolute Gasteiger partial charge is 0.251 e. The Morgan fingerprint density at radius 2 is 2.09 bits per heavy atom. The van der Waals surface area contributed by atoms with E-state index in [1.165, 1.54) is 0 Å². The molecule has 1 aromatic carbocycles. The van der Waals surface area contributed by atoms with E-state index in [0.717, 1.165) is 33.2 Å². The number of fused-ring (bicyclic) bond motifs is 2. The summed E-state index contributed by atoms with van der Waals surface area (Å²) >= 11 is 0. The number of benzene rings is 1. The molecule has 0 saturated carbocycles. The fourth-order valence-corrected chi connectivity index (χ4v) is 4.26. The van der Waals surface area contributed by atoms with Gasteiger partial charge in [-0.15, -0.1) is 0 Å². The largest absolute Gasteiger partial charge is 0.481 e. The third kappa shape index (κ3) is 4.29. The van der Waals surface area contributed by atoms with Crippen LogP contribution in [0.2, 0.25) is 0 Å². The van der Waals surface area contributed by atoms with E-state index in [4.69, 9.17) is 9.47 Å². The zero-order valence-electron chi connectivity index (χ0n) is 19.4. The maximum atomic E-state index is 12.9. The van der Waals surface area contributed by atoms with E-state index in [0.29, 0.717) is 30.4 Å². The summed E-state index contributed by atoms with van der Waals surface area (Å²) in [4.78, 5) is 26.1. The Kier molecular flexibility index (Phi) is 5.85. The van der Waals surface area contributed by atoms with Crippen LogP contribution >= 0.6 is 0 Å². The van der Waals surface area contributed by atoms with Gasteiger partial charge in [0, 0.05) is 34.5 Å². The second-order valence-electron chi connectivity index (χ2n) is 8.64. The number of pyridine rings is 3. The highest BCUT2D eigenvalue weighted by Crippen LogP contribution is 2.33. The van der Waals surface area contributed by atoms with E-state index in [1.807, 2.05) is 37.3 Å². The standard InChI is InChI=1S/C27H23N5O3/c1-27(15-28)16-35-14-18-6-5-17(10-23(18)27)25(33)32-12-21-9-19-8-20(11-31-24(19)13-30-21)22-4-3-7-29-26(22)34-2/h3-11,13H,12,14,16H2,1-2H3,(H,32,33)/t27-/m1/s1. The molecule has 8 heteroatoms. The number of rotatable bonds is 5. The zero-order chi connectivity index (χ0) is 24.4. The van der Waals surface area contributed by atoms with Crippen molar-refractivity contribution in [2.45, 2.75) is 25.5 Å². The number of ether oxygens (including phenoxy) is 2. The van der Waals surface area contributed by atoms with Crippen molar-refractivity contribution in [3.05, 3.63) is 83.4 Å². The van der Waals surface area contributed by atoms with Crippen molar-refractivity contribution in [2.75, 3.05) is 13.7 Å². The molecule has 35 heavy (non-hydrogen) atoms. The molecular weight excluding hydrogens is 442 g/mol. The molecule has 8 nitrogen and oxygen atoms in total. The summed E-state index contributed by atoms with van der Waals surface area (Å²) in [5.74, 6) is 0.299. The third-order valence-electron chi connectivity index (χ3n) is 6.19. The van der Waals surface area contributed by atoms with E-state index in [1.54, 1.807) is 37.8 Å². The van der Waals surface area contributed by atoms with Crippen molar-refractivity contribution in [2.24, 2.45) is 0 Å². The molecule has 0 fully saturated rings. The van der Waals surface area contributed by atoms with Crippen LogP contribution in [-0.4, -0.2) is 34.6 Å². The van der Waals surface area contributed by atoms with Gasteiger partial charge >= 0.3 is 0 Å². The molecule has 0 radical (unpaired) electrons. The summed E-state index contributed by atoms with van der Waals surface area (Å²) in [6.45, 7) is 2.83. The Morgan fingerprint density at radius 3 is 2.91 bits per heavy atom. The quantitative estimate of drug-likeness (QED) is 0.475. The highest BCUT2D eigenvalue weighted by Gasteiger charge is 2.33. The van der Waals surface area contributed by atoms with E-state index in [-0.39, 0.29) is 12.5 Å². The van der Waals surface area contributed by atoms with E-state index >= 15 is 0 Å². The van der Waals surface area contributed by atoms with Gasteiger partial charge in [-0.1, -0.05) is 6.07 Å². The number of aromatic nitrogens is 3. The second kappa shape index (κ2) is 9.12. The topological polar surface area (TPSA) is 110 Å². The van der Waals surface area contributed by atoms with E-state index in [2.05, 4.69) is 26.3 Å². The van der Waals surface area contributed by atoms with Crippen LogP contribution in [0.3, 0.4) is 0 Å². The van der Waals surface area contributed by atoms with Gasteiger partial charge in [-0.3, -0.25) is 14.8 Å². The van der Waals surface area contributed by atoms with Gasteiger partial charge in [0.05, 0.1) is 50.3 Å². The predicted octanol–water partition coefficient (Wildman–Crippen LogP) is 3.94. The molecule has 0 spiro atoms. The normalized spacial score (nSPS) is 16.8. The van der Waals surface area contributed by atoms with Crippen LogP contribution in [0.25, 0.3) is 22.0 Å². The predicted molar refractivity (Wildman–Crippen MR) is 130 cm³/mol. The molecular formula is C27H23N5O3. The summed E-state index contributed by atoms with van der Waals surface area (Å²) in [5, 5.41) is 13.5. The van der Waals surface area contributed by atoms with Crippen molar-refractivity contribution < 1.29 is 14.3 Å². The van der Waals surface area contributed by atoms with Gasteiger partial charge in [-0.25, -0.2) is 4.98 Å².